The number of aryl methyl sites for hydroxylation is 1. The molecule has 0 saturated heterocycles. The summed E-state index contributed by atoms with van der Waals surface area (Å²) in [6.07, 6.45) is -0.231. The molecule has 0 unspecified atom stereocenters. The van der Waals surface area contributed by atoms with Crippen molar-refractivity contribution in [2.75, 3.05) is 0 Å². The van der Waals surface area contributed by atoms with Crippen molar-refractivity contribution in [2.45, 2.75) is 49.7 Å². The van der Waals surface area contributed by atoms with Gasteiger partial charge in [0.15, 0.2) is 5.54 Å². The molecule has 0 radical (unpaired) electrons. The number of ether oxygens (including phenoxy) is 1. The molecule has 29 heavy (non-hydrogen) atoms. The number of rotatable bonds is 4. The molecule has 0 bridgehead atoms. The quantitative estimate of drug-likeness (QED) is 0.687. The van der Waals surface area contributed by atoms with Crippen molar-refractivity contribution in [1.29, 1.82) is 0 Å². The highest BCUT2D eigenvalue weighted by Gasteiger charge is 2.64. The third kappa shape index (κ3) is 3.05. The van der Waals surface area contributed by atoms with E-state index in [1.165, 1.54) is 17.2 Å². The van der Waals surface area contributed by atoms with Crippen LogP contribution in [-0.4, -0.2) is 18.6 Å². The second kappa shape index (κ2) is 6.76. The highest BCUT2D eigenvalue weighted by atomic mass is 79.9. The van der Waals surface area contributed by atoms with Gasteiger partial charge in [0.25, 0.3) is 12.4 Å². The van der Waals surface area contributed by atoms with Crippen LogP contribution in [0.2, 0.25) is 0 Å². The van der Waals surface area contributed by atoms with Crippen molar-refractivity contribution >= 4 is 22.0 Å². The fraction of sp³-hybridized carbons (Fsp3) is 0.409. The smallest absolute Gasteiger partial charge is 0.283 e. The summed E-state index contributed by atoms with van der Waals surface area (Å²) in [5.74, 6) is -0.936. The minimum atomic E-state index is -2.87. The van der Waals surface area contributed by atoms with Crippen LogP contribution in [-0.2, 0) is 23.1 Å². The Morgan fingerprint density at radius 1 is 1.24 bits per heavy atom. The molecule has 2 N–H and O–H groups in total. The van der Waals surface area contributed by atoms with Crippen molar-refractivity contribution in [2.24, 2.45) is 16.6 Å². The van der Waals surface area contributed by atoms with E-state index in [9.17, 15) is 13.2 Å². The summed E-state index contributed by atoms with van der Waals surface area (Å²) in [5.41, 5.74) is 7.03. The zero-order valence-corrected chi connectivity index (χ0v) is 17.1. The lowest BCUT2D eigenvalue weighted by Gasteiger charge is -2.33. The van der Waals surface area contributed by atoms with Crippen LogP contribution in [0.3, 0.4) is 0 Å². The maximum atomic E-state index is 14.8. The molecule has 1 saturated carbocycles. The minimum Gasteiger partial charge on any atom is -0.462 e. The number of nitrogens with two attached hydrogens (primary N) is 1. The number of alkyl halides is 2. The molecule has 0 amide bonds. The van der Waals surface area contributed by atoms with Gasteiger partial charge in [-0.15, -0.1) is 0 Å². The maximum absolute atomic E-state index is 14.8. The molecule has 4 atom stereocenters. The second-order valence-corrected chi connectivity index (χ2v) is 9.09. The Bertz CT molecular complexity index is 1010. The fourth-order valence-electron chi connectivity index (χ4n) is 4.98. The number of amidine groups is 1. The van der Waals surface area contributed by atoms with Gasteiger partial charge in [-0.25, -0.2) is 18.2 Å². The molecule has 0 spiro atoms. The zero-order chi connectivity index (χ0) is 20.3. The Morgan fingerprint density at radius 3 is 2.86 bits per heavy atom. The van der Waals surface area contributed by atoms with Gasteiger partial charge in [0, 0.05) is 16.0 Å². The van der Waals surface area contributed by atoms with Crippen molar-refractivity contribution in [3.8, 4) is 0 Å². The molecule has 2 aromatic carbocycles. The molecule has 3 aliphatic rings. The van der Waals surface area contributed by atoms with E-state index >= 15 is 0 Å². The van der Waals surface area contributed by atoms with E-state index in [2.05, 4.69) is 33.1 Å². The van der Waals surface area contributed by atoms with Crippen molar-refractivity contribution in [3.63, 3.8) is 0 Å². The minimum absolute atomic E-state index is 0.0715. The van der Waals surface area contributed by atoms with Gasteiger partial charge >= 0.3 is 0 Å². The number of benzene rings is 2. The lowest BCUT2D eigenvalue weighted by Crippen LogP contribution is -2.43. The van der Waals surface area contributed by atoms with Crippen molar-refractivity contribution in [1.82, 2.24) is 0 Å². The van der Waals surface area contributed by atoms with Gasteiger partial charge in [0.1, 0.15) is 11.9 Å². The van der Waals surface area contributed by atoms with E-state index in [1.54, 1.807) is 12.1 Å². The second-order valence-electron chi connectivity index (χ2n) is 8.17. The van der Waals surface area contributed by atoms with Gasteiger partial charge in [-0.1, -0.05) is 34.1 Å². The van der Waals surface area contributed by atoms with Crippen molar-refractivity contribution in [3.05, 3.63) is 68.9 Å². The van der Waals surface area contributed by atoms with E-state index in [1.807, 2.05) is 6.07 Å². The van der Waals surface area contributed by atoms with Crippen LogP contribution in [0.1, 0.15) is 41.0 Å². The Labute approximate surface area is 175 Å². The SMILES string of the molecule is NC1=N[C@@](c2cc(C[C@H]3CCc4cc(Br)ccc43)ccc2F)(C(F)F)[C@H]2C[C@H]2O1. The van der Waals surface area contributed by atoms with E-state index in [4.69, 9.17) is 10.5 Å². The van der Waals surface area contributed by atoms with Gasteiger partial charge in [-0.2, -0.15) is 0 Å². The first kappa shape index (κ1) is 19.0. The molecule has 152 valence electrons. The molecular formula is C22H20BrF3N2O. The molecule has 1 heterocycles. The maximum Gasteiger partial charge on any atom is 0.283 e. The Morgan fingerprint density at radius 2 is 2.07 bits per heavy atom. The van der Waals surface area contributed by atoms with Gasteiger partial charge in [0.05, 0.1) is 0 Å². The van der Waals surface area contributed by atoms with Crippen LogP contribution in [0.25, 0.3) is 0 Å². The third-order valence-electron chi connectivity index (χ3n) is 6.45. The summed E-state index contributed by atoms with van der Waals surface area (Å²) >= 11 is 3.50. The Balaban J connectivity index is 1.51. The molecule has 5 rings (SSSR count). The molecule has 1 fully saturated rings. The van der Waals surface area contributed by atoms with Gasteiger partial charge < -0.3 is 10.5 Å². The zero-order valence-electron chi connectivity index (χ0n) is 15.5. The van der Waals surface area contributed by atoms with E-state index < -0.39 is 29.8 Å². The number of aliphatic imine (C=N–C) groups is 1. The average molecular weight is 465 g/mol. The summed E-state index contributed by atoms with van der Waals surface area (Å²) in [4.78, 5) is 3.96. The van der Waals surface area contributed by atoms with E-state index in [-0.39, 0.29) is 17.5 Å². The molecule has 3 nitrogen and oxygen atoms in total. The summed E-state index contributed by atoms with van der Waals surface area (Å²) in [6.45, 7) is 0. The number of nitrogens with zero attached hydrogens (tertiary/aromatic N) is 1. The van der Waals surface area contributed by atoms with E-state index in [0.29, 0.717) is 12.8 Å². The Kier molecular flexibility index (Phi) is 4.42. The van der Waals surface area contributed by atoms with Crippen LogP contribution < -0.4 is 5.73 Å². The lowest BCUT2D eigenvalue weighted by atomic mass is 9.82. The van der Waals surface area contributed by atoms with E-state index in [0.717, 1.165) is 22.9 Å². The molecule has 2 aromatic rings. The van der Waals surface area contributed by atoms with Crippen molar-refractivity contribution < 1.29 is 17.9 Å². The van der Waals surface area contributed by atoms with Gasteiger partial charge in [0.2, 0.25) is 0 Å². The van der Waals surface area contributed by atoms with Crippen LogP contribution >= 0.6 is 15.9 Å². The highest BCUT2D eigenvalue weighted by molar-refractivity contribution is 9.10. The topological polar surface area (TPSA) is 47.6 Å². The summed E-state index contributed by atoms with van der Waals surface area (Å²) in [5, 5.41) is 0. The fourth-order valence-corrected chi connectivity index (χ4v) is 5.39. The molecule has 1 aliphatic heterocycles. The first-order chi connectivity index (χ1) is 13.9. The predicted molar refractivity (Wildman–Crippen MR) is 108 cm³/mol. The summed E-state index contributed by atoms with van der Waals surface area (Å²) < 4.78 is 49.7. The first-order valence-electron chi connectivity index (χ1n) is 9.76. The molecule has 2 aliphatic carbocycles. The number of hydrogen-bond acceptors (Lipinski definition) is 3. The monoisotopic (exact) mass is 464 g/mol. The lowest BCUT2D eigenvalue weighted by molar-refractivity contribution is 0.0176. The standard InChI is InChI=1S/C22H20BrF3N2O/c23-14-4-5-15-12(2-3-13(15)9-14)7-11-1-6-18(24)16(8-11)22(20(25)26)17-10-19(17)29-21(27)28-22/h1,4-6,8-9,12,17,19-20H,2-3,7,10H2,(H2,27,28)/t12-,17+,19-,22-/m1/s1. The number of fused-ring (bicyclic) bond motifs is 2. The highest BCUT2D eigenvalue weighted by Crippen LogP contribution is 2.56. The van der Waals surface area contributed by atoms with Crippen LogP contribution in [0.15, 0.2) is 45.9 Å². The molecular weight excluding hydrogens is 445 g/mol. The summed E-state index contributed by atoms with van der Waals surface area (Å²) in [6, 6.07) is 10.5. The molecule has 0 aromatic heterocycles. The largest absolute Gasteiger partial charge is 0.462 e. The first-order valence-corrected chi connectivity index (χ1v) is 10.5. The Hall–Kier alpha value is -2.02. The summed E-state index contributed by atoms with van der Waals surface area (Å²) in [7, 11) is 0. The normalized spacial score (nSPS) is 29.8. The number of hydrogen-bond donors (Lipinski definition) is 1. The van der Waals surface area contributed by atoms with Gasteiger partial charge in [-0.05, 0) is 66.5 Å². The third-order valence-corrected chi connectivity index (χ3v) is 6.94. The van der Waals surface area contributed by atoms with Gasteiger partial charge in [-0.3, -0.25) is 0 Å². The van der Waals surface area contributed by atoms with Crippen LogP contribution in [0.4, 0.5) is 13.2 Å². The van der Waals surface area contributed by atoms with Crippen LogP contribution in [0, 0.1) is 11.7 Å². The number of halogens is 4. The van der Waals surface area contributed by atoms with Crippen LogP contribution in [0.5, 0.6) is 0 Å². The predicted octanol–water partition coefficient (Wildman–Crippen LogP) is 5.05. The average Bonchev–Trinajstić information content (AvgIpc) is 3.35. The molecule has 7 heteroatoms.